The number of hydrogen-bond donors (Lipinski definition) is 3. The summed E-state index contributed by atoms with van der Waals surface area (Å²) in [6.45, 7) is -0.430. The van der Waals surface area contributed by atoms with Crippen molar-refractivity contribution in [3.8, 4) is 11.5 Å². The highest BCUT2D eigenvalue weighted by Gasteiger charge is 2.10. The Balaban J connectivity index is 1.84. The first-order valence-corrected chi connectivity index (χ1v) is 6.09. The summed E-state index contributed by atoms with van der Waals surface area (Å²) in [5.41, 5.74) is 0.726. The largest absolute Gasteiger partial charge is 0.508 e. The normalized spacial score (nSPS) is 9.90. The number of carbonyl (C=O) groups excluding carboxylic acids is 2. The van der Waals surface area contributed by atoms with Gasteiger partial charge in [-0.25, -0.2) is 4.79 Å². The van der Waals surface area contributed by atoms with Crippen molar-refractivity contribution in [1.29, 1.82) is 0 Å². The topological polar surface area (TPSA) is 95.9 Å². The Kier molecular flexibility index (Phi) is 4.40. The number of anilines is 1. The number of nitrogens with one attached hydrogen (secondary N) is 1. The van der Waals surface area contributed by atoms with Crippen molar-refractivity contribution in [2.75, 3.05) is 11.9 Å². The molecular formula is C15H13NO5. The SMILES string of the molecule is O=C(COC(=O)c1ccc(O)cc1)Nc1ccc(O)cc1. The molecule has 0 saturated carbocycles. The van der Waals surface area contributed by atoms with Gasteiger partial charge in [-0.3, -0.25) is 4.79 Å². The smallest absolute Gasteiger partial charge is 0.338 e. The summed E-state index contributed by atoms with van der Waals surface area (Å²) in [5.74, 6) is -1.02. The molecule has 0 aromatic heterocycles. The molecule has 21 heavy (non-hydrogen) atoms. The van der Waals surface area contributed by atoms with Crippen LogP contribution in [-0.4, -0.2) is 28.7 Å². The van der Waals surface area contributed by atoms with Crippen LogP contribution in [0.5, 0.6) is 11.5 Å². The van der Waals surface area contributed by atoms with Gasteiger partial charge in [-0.05, 0) is 48.5 Å². The minimum absolute atomic E-state index is 0.0385. The van der Waals surface area contributed by atoms with Gasteiger partial charge in [0.05, 0.1) is 5.56 Å². The molecule has 2 rings (SSSR count). The second-order valence-corrected chi connectivity index (χ2v) is 4.22. The van der Waals surface area contributed by atoms with E-state index in [1.165, 1.54) is 48.5 Å². The molecule has 0 unspecified atom stereocenters. The van der Waals surface area contributed by atoms with Crippen molar-refractivity contribution in [3.05, 3.63) is 54.1 Å². The molecule has 2 aromatic rings. The van der Waals surface area contributed by atoms with Gasteiger partial charge in [0.1, 0.15) is 11.5 Å². The Bertz CT molecular complexity index is 634. The molecule has 0 spiro atoms. The molecule has 108 valence electrons. The van der Waals surface area contributed by atoms with E-state index in [4.69, 9.17) is 14.9 Å². The molecular weight excluding hydrogens is 274 g/mol. The van der Waals surface area contributed by atoms with E-state index >= 15 is 0 Å². The summed E-state index contributed by atoms with van der Waals surface area (Å²) in [6, 6.07) is 11.4. The van der Waals surface area contributed by atoms with Crippen LogP contribution in [0.2, 0.25) is 0 Å². The quantitative estimate of drug-likeness (QED) is 0.589. The lowest BCUT2D eigenvalue weighted by molar-refractivity contribution is -0.119. The first-order valence-electron chi connectivity index (χ1n) is 6.09. The molecule has 0 aliphatic rings. The highest BCUT2D eigenvalue weighted by Crippen LogP contribution is 2.14. The zero-order valence-corrected chi connectivity index (χ0v) is 10.9. The van der Waals surface area contributed by atoms with Gasteiger partial charge < -0.3 is 20.3 Å². The van der Waals surface area contributed by atoms with Gasteiger partial charge in [-0.2, -0.15) is 0 Å². The van der Waals surface area contributed by atoms with Crippen molar-refractivity contribution < 1.29 is 24.5 Å². The van der Waals surface area contributed by atoms with Crippen molar-refractivity contribution in [2.24, 2.45) is 0 Å². The van der Waals surface area contributed by atoms with E-state index in [-0.39, 0.29) is 17.1 Å². The Morgan fingerprint density at radius 1 is 0.905 bits per heavy atom. The molecule has 2 aromatic carbocycles. The van der Waals surface area contributed by atoms with E-state index in [2.05, 4.69) is 5.32 Å². The van der Waals surface area contributed by atoms with Crippen molar-refractivity contribution in [3.63, 3.8) is 0 Å². The van der Waals surface area contributed by atoms with Gasteiger partial charge in [0.25, 0.3) is 5.91 Å². The molecule has 0 atom stereocenters. The minimum Gasteiger partial charge on any atom is -0.508 e. The molecule has 1 amide bonds. The van der Waals surface area contributed by atoms with E-state index < -0.39 is 18.5 Å². The van der Waals surface area contributed by atoms with Crippen LogP contribution in [0, 0.1) is 0 Å². The molecule has 0 saturated heterocycles. The lowest BCUT2D eigenvalue weighted by Gasteiger charge is -2.06. The number of ether oxygens (including phenoxy) is 1. The maximum absolute atomic E-state index is 11.6. The van der Waals surface area contributed by atoms with Crippen LogP contribution in [0.4, 0.5) is 5.69 Å². The van der Waals surface area contributed by atoms with Gasteiger partial charge in [-0.15, -0.1) is 0 Å². The Morgan fingerprint density at radius 2 is 1.43 bits per heavy atom. The van der Waals surface area contributed by atoms with Gasteiger partial charge in [0.2, 0.25) is 0 Å². The number of phenols is 2. The maximum Gasteiger partial charge on any atom is 0.338 e. The Labute approximate surface area is 120 Å². The van der Waals surface area contributed by atoms with E-state index in [9.17, 15) is 9.59 Å². The fraction of sp³-hybridized carbons (Fsp3) is 0.0667. The second kappa shape index (κ2) is 6.42. The number of phenolic OH excluding ortho intramolecular Hbond substituents is 2. The van der Waals surface area contributed by atoms with E-state index in [1.54, 1.807) is 0 Å². The molecule has 0 heterocycles. The molecule has 0 bridgehead atoms. The second-order valence-electron chi connectivity index (χ2n) is 4.22. The van der Waals surface area contributed by atoms with E-state index in [0.717, 1.165) is 0 Å². The average molecular weight is 287 g/mol. The molecule has 6 nitrogen and oxygen atoms in total. The fourth-order valence-corrected chi connectivity index (χ4v) is 1.55. The number of amides is 1. The van der Waals surface area contributed by atoms with Crippen molar-refractivity contribution >= 4 is 17.6 Å². The molecule has 0 radical (unpaired) electrons. The molecule has 6 heteroatoms. The van der Waals surface area contributed by atoms with Crippen LogP contribution < -0.4 is 5.32 Å². The standard InChI is InChI=1S/C15H13NO5/c17-12-5-1-10(2-6-12)15(20)21-9-14(19)16-11-3-7-13(18)8-4-11/h1-8,17-18H,9H2,(H,16,19). The van der Waals surface area contributed by atoms with Gasteiger partial charge in [-0.1, -0.05) is 0 Å². The first-order chi connectivity index (χ1) is 10.0. The van der Waals surface area contributed by atoms with Gasteiger partial charge in [0.15, 0.2) is 6.61 Å². The summed E-state index contributed by atoms with van der Waals surface area (Å²) < 4.78 is 4.84. The van der Waals surface area contributed by atoms with Gasteiger partial charge >= 0.3 is 5.97 Å². The number of benzene rings is 2. The third-order valence-electron chi connectivity index (χ3n) is 2.59. The van der Waals surface area contributed by atoms with Crippen molar-refractivity contribution in [1.82, 2.24) is 0 Å². The predicted molar refractivity (Wildman–Crippen MR) is 75.1 cm³/mol. The number of carbonyl (C=O) groups is 2. The zero-order chi connectivity index (χ0) is 15.2. The van der Waals surface area contributed by atoms with E-state index in [0.29, 0.717) is 5.69 Å². The number of esters is 1. The first kappa shape index (κ1) is 14.4. The van der Waals surface area contributed by atoms with Crippen molar-refractivity contribution in [2.45, 2.75) is 0 Å². The lowest BCUT2D eigenvalue weighted by atomic mass is 10.2. The van der Waals surface area contributed by atoms with Crippen LogP contribution in [-0.2, 0) is 9.53 Å². The third kappa shape index (κ3) is 4.24. The predicted octanol–water partition coefficient (Wildman–Crippen LogP) is 1.89. The fourth-order valence-electron chi connectivity index (χ4n) is 1.55. The molecule has 3 N–H and O–H groups in total. The summed E-state index contributed by atoms with van der Waals surface area (Å²) in [7, 11) is 0. The maximum atomic E-state index is 11.6. The highest BCUT2D eigenvalue weighted by atomic mass is 16.5. The summed E-state index contributed by atoms with van der Waals surface area (Å²) in [6.07, 6.45) is 0. The number of aromatic hydroxyl groups is 2. The highest BCUT2D eigenvalue weighted by molar-refractivity contribution is 5.95. The van der Waals surface area contributed by atoms with Crippen LogP contribution >= 0.6 is 0 Å². The summed E-state index contributed by atoms with van der Waals surface area (Å²) in [4.78, 5) is 23.2. The summed E-state index contributed by atoms with van der Waals surface area (Å²) >= 11 is 0. The van der Waals surface area contributed by atoms with Crippen LogP contribution in [0.25, 0.3) is 0 Å². The summed E-state index contributed by atoms with van der Waals surface area (Å²) in [5, 5.41) is 20.7. The monoisotopic (exact) mass is 287 g/mol. The average Bonchev–Trinajstić information content (AvgIpc) is 2.48. The third-order valence-corrected chi connectivity index (χ3v) is 2.59. The van der Waals surface area contributed by atoms with Crippen LogP contribution in [0.15, 0.2) is 48.5 Å². The van der Waals surface area contributed by atoms with Crippen LogP contribution in [0.3, 0.4) is 0 Å². The Morgan fingerprint density at radius 3 is 2.00 bits per heavy atom. The van der Waals surface area contributed by atoms with E-state index in [1.807, 2.05) is 0 Å². The lowest BCUT2D eigenvalue weighted by Crippen LogP contribution is -2.20. The molecule has 0 fully saturated rings. The van der Waals surface area contributed by atoms with Gasteiger partial charge in [0, 0.05) is 5.69 Å². The molecule has 0 aliphatic heterocycles. The molecule has 0 aliphatic carbocycles. The number of rotatable bonds is 4. The zero-order valence-electron chi connectivity index (χ0n) is 10.9. The Hall–Kier alpha value is -3.02. The number of hydrogen-bond acceptors (Lipinski definition) is 5. The minimum atomic E-state index is -0.657. The van der Waals surface area contributed by atoms with Crippen LogP contribution in [0.1, 0.15) is 10.4 Å².